The van der Waals surface area contributed by atoms with E-state index in [0.717, 1.165) is 28.9 Å². The fraction of sp³-hybridized carbons (Fsp3) is 0.571. The zero-order chi connectivity index (χ0) is 26.2. The van der Waals surface area contributed by atoms with Gasteiger partial charge in [0.15, 0.2) is 19.8 Å². The molecule has 194 valence electrons. The first-order valence-electron chi connectivity index (χ1n) is 12.2. The predicted octanol–water partition coefficient (Wildman–Crippen LogP) is 6.61. The summed E-state index contributed by atoms with van der Waals surface area (Å²) in [5.74, 6) is 2.50. The lowest BCUT2D eigenvalue weighted by atomic mass is 9.89. The van der Waals surface area contributed by atoms with Gasteiger partial charge in [-0.05, 0) is 67.4 Å². The molecule has 6 nitrogen and oxygen atoms in total. The van der Waals surface area contributed by atoms with Crippen LogP contribution in [0, 0.1) is 0 Å². The molecule has 0 radical (unpaired) electrons. The van der Waals surface area contributed by atoms with Crippen LogP contribution in [0.25, 0.3) is 0 Å². The zero-order valence-electron chi connectivity index (χ0n) is 22.9. The molecule has 2 aromatic rings. The van der Waals surface area contributed by atoms with E-state index in [0.29, 0.717) is 23.7 Å². The molecular formula is C28H42O6Si. The minimum absolute atomic E-state index is 0.0806. The summed E-state index contributed by atoms with van der Waals surface area (Å²) in [7, 11) is 2.74. The van der Waals surface area contributed by atoms with Crippen molar-refractivity contribution >= 4 is 8.32 Å². The molecule has 0 bridgehead atoms. The first-order chi connectivity index (χ1) is 16.2. The molecule has 0 aliphatic carbocycles. The second-order valence-electron chi connectivity index (χ2n) is 11.5. The van der Waals surface area contributed by atoms with Crippen molar-refractivity contribution in [1.29, 1.82) is 0 Å². The van der Waals surface area contributed by atoms with Crippen LogP contribution in [0.2, 0.25) is 18.1 Å². The van der Waals surface area contributed by atoms with Gasteiger partial charge >= 0.3 is 0 Å². The Kier molecular flexibility index (Phi) is 7.84. The molecule has 1 heterocycles. The number of hydrogen-bond acceptors (Lipinski definition) is 6. The van der Waals surface area contributed by atoms with Crippen LogP contribution < -0.4 is 18.9 Å². The Morgan fingerprint density at radius 3 is 2.14 bits per heavy atom. The Hall–Kier alpha value is -2.22. The minimum Gasteiger partial charge on any atom is -0.493 e. The van der Waals surface area contributed by atoms with Crippen molar-refractivity contribution in [3.63, 3.8) is 0 Å². The lowest BCUT2D eigenvalue weighted by Gasteiger charge is -2.44. The third-order valence-corrected chi connectivity index (χ3v) is 11.7. The van der Waals surface area contributed by atoms with E-state index in [9.17, 15) is 5.11 Å². The van der Waals surface area contributed by atoms with E-state index in [1.54, 1.807) is 21.3 Å². The summed E-state index contributed by atoms with van der Waals surface area (Å²) in [6.07, 6.45) is 0.365. The van der Waals surface area contributed by atoms with Crippen molar-refractivity contribution in [1.82, 2.24) is 0 Å². The van der Waals surface area contributed by atoms with Gasteiger partial charge in [-0.1, -0.05) is 26.8 Å². The molecule has 3 rings (SSSR count). The second kappa shape index (κ2) is 10.0. The number of rotatable bonds is 8. The van der Waals surface area contributed by atoms with Gasteiger partial charge in [-0.15, -0.1) is 0 Å². The maximum atomic E-state index is 11.2. The maximum absolute atomic E-state index is 11.2. The predicted molar refractivity (Wildman–Crippen MR) is 142 cm³/mol. The fourth-order valence-electron chi connectivity index (χ4n) is 4.25. The van der Waals surface area contributed by atoms with Gasteiger partial charge in [-0.3, -0.25) is 0 Å². The average Bonchev–Trinajstić information content (AvgIpc) is 2.76. The highest BCUT2D eigenvalue weighted by atomic mass is 28.4. The molecular weight excluding hydrogens is 460 g/mol. The number of aliphatic hydroxyl groups excluding tert-OH is 1. The normalized spacial score (nSPS) is 18.3. The van der Waals surface area contributed by atoms with Gasteiger partial charge in [0.25, 0.3) is 0 Å². The highest BCUT2D eigenvalue weighted by Crippen LogP contribution is 2.47. The van der Waals surface area contributed by atoms with Gasteiger partial charge in [0.2, 0.25) is 5.75 Å². The summed E-state index contributed by atoms with van der Waals surface area (Å²) in [6.45, 7) is 15.5. The average molecular weight is 503 g/mol. The molecule has 0 spiro atoms. The van der Waals surface area contributed by atoms with Crippen LogP contribution in [0.4, 0.5) is 0 Å². The summed E-state index contributed by atoms with van der Waals surface area (Å²) in [6, 6.07) is 9.69. The molecule has 2 unspecified atom stereocenters. The summed E-state index contributed by atoms with van der Waals surface area (Å²) in [5.41, 5.74) is 2.40. The number of aliphatic hydroxyl groups is 1. The summed E-state index contributed by atoms with van der Waals surface area (Å²) in [5, 5.41) is 11.3. The highest BCUT2D eigenvalue weighted by molar-refractivity contribution is 6.74. The largest absolute Gasteiger partial charge is 0.493 e. The molecule has 1 aliphatic rings. The van der Waals surface area contributed by atoms with Gasteiger partial charge in [-0.25, -0.2) is 0 Å². The molecule has 1 N–H and O–H groups in total. The Bertz CT molecular complexity index is 1020. The molecule has 2 aromatic carbocycles. The summed E-state index contributed by atoms with van der Waals surface area (Å²) in [4.78, 5) is 0. The number of methoxy groups -OCH3 is 3. The van der Waals surface area contributed by atoms with E-state index in [1.165, 1.54) is 0 Å². The lowest BCUT2D eigenvalue weighted by Crippen LogP contribution is -2.45. The molecule has 0 saturated heterocycles. The van der Waals surface area contributed by atoms with Crippen molar-refractivity contribution in [3.05, 3.63) is 47.0 Å². The zero-order valence-corrected chi connectivity index (χ0v) is 23.9. The van der Waals surface area contributed by atoms with E-state index < -0.39 is 14.4 Å². The standard InChI is InChI=1S/C28H42O6Si/c1-27(2,3)35(9,10)34-25-17-28(4,5)33-22-12-11-19(16-20(22)25)21(29)13-18-14-23(30-6)26(32-8)24(15-18)31-7/h11-12,14-16,21,25,29H,13,17H2,1-10H3. The quantitative estimate of drug-likeness (QED) is 0.410. The molecule has 35 heavy (non-hydrogen) atoms. The maximum Gasteiger partial charge on any atom is 0.203 e. The van der Waals surface area contributed by atoms with Crippen LogP contribution in [0.15, 0.2) is 30.3 Å². The minimum atomic E-state index is -2.02. The smallest absolute Gasteiger partial charge is 0.203 e. The third kappa shape index (κ3) is 5.96. The number of benzene rings is 2. The van der Waals surface area contributed by atoms with Crippen molar-refractivity contribution in [2.45, 2.75) is 83.4 Å². The van der Waals surface area contributed by atoms with E-state index >= 15 is 0 Å². The molecule has 0 aromatic heterocycles. The van der Waals surface area contributed by atoms with Crippen molar-refractivity contribution < 1.29 is 28.5 Å². The van der Waals surface area contributed by atoms with Crippen LogP contribution in [0.1, 0.15) is 69.9 Å². The molecule has 7 heteroatoms. The van der Waals surface area contributed by atoms with Gasteiger partial charge in [0.1, 0.15) is 11.4 Å². The Labute approximate surface area is 211 Å². The third-order valence-electron chi connectivity index (χ3n) is 7.23. The van der Waals surface area contributed by atoms with Crippen LogP contribution in [0.5, 0.6) is 23.0 Å². The van der Waals surface area contributed by atoms with Crippen molar-refractivity contribution in [2.24, 2.45) is 0 Å². The lowest BCUT2D eigenvalue weighted by molar-refractivity contribution is 0.0164. The number of hydrogen-bond donors (Lipinski definition) is 1. The summed E-state index contributed by atoms with van der Waals surface area (Å²) >= 11 is 0. The van der Waals surface area contributed by atoms with Crippen LogP contribution in [-0.2, 0) is 10.8 Å². The Balaban J connectivity index is 1.93. The van der Waals surface area contributed by atoms with E-state index in [1.807, 2.05) is 30.3 Å². The first kappa shape index (κ1) is 27.4. The fourth-order valence-corrected chi connectivity index (χ4v) is 5.52. The van der Waals surface area contributed by atoms with Crippen LogP contribution in [-0.4, -0.2) is 40.4 Å². The van der Waals surface area contributed by atoms with E-state index in [2.05, 4.69) is 47.7 Å². The monoisotopic (exact) mass is 502 g/mol. The molecule has 2 atom stereocenters. The topological polar surface area (TPSA) is 66.4 Å². The molecule has 0 amide bonds. The van der Waals surface area contributed by atoms with Crippen molar-refractivity contribution in [3.8, 4) is 23.0 Å². The van der Waals surface area contributed by atoms with Crippen LogP contribution in [0.3, 0.4) is 0 Å². The van der Waals surface area contributed by atoms with Gasteiger partial charge in [-0.2, -0.15) is 0 Å². The molecule has 0 saturated carbocycles. The van der Waals surface area contributed by atoms with Crippen LogP contribution >= 0.6 is 0 Å². The van der Waals surface area contributed by atoms with Gasteiger partial charge in [0.05, 0.1) is 33.5 Å². The second-order valence-corrected chi connectivity index (χ2v) is 16.2. The summed E-state index contributed by atoms with van der Waals surface area (Å²) < 4.78 is 29.5. The molecule has 0 fully saturated rings. The Morgan fingerprint density at radius 1 is 1.03 bits per heavy atom. The Morgan fingerprint density at radius 2 is 1.63 bits per heavy atom. The van der Waals surface area contributed by atoms with Gasteiger partial charge in [0, 0.05) is 18.4 Å². The molecule has 1 aliphatic heterocycles. The number of ether oxygens (including phenoxy) is 4. The first-order valence-corrected chi connectivity index (χ1v) is 15.1. The number of fused-ring (bicyclic) bond motifs is 1. The van der Waals surface area contributed by atoms with Crippen molar-refractivity contribution in [2.75, 3.05) is 21.3 Å². The SMILES string of the molecule is COc1cc(CC(O)c2ccc3c(c2)C(O[Si](C)(C)C(C)(C)C)CC(C)(C)O3)cc(OC)c1OC. The van der Waals surface area contributed by atoms with Gasteiger partial charge < -0.3 is 28.5 Å². The van der Waals surface area contributed by atoms with E-state index in [4.69, 9.17) is 23.4 Å². The highest BCUT2D eigenvalue weighted by Gasteiger charge is 2.43. The van der Waals surface area contributed by atoms with E-state index in [-0.39, 0.29) is 16.7 Å².